The highest BCUT2D eigenvalue weighted by Gasteiger charge is 2.35. The smallest absolute Gasteiger partial charge is 0.224 e. The summed E-state index contributed by atoms with van der Waals surface area (Å²) in [5.41, 5.74) is 0.898. The lowest BCUT2D eigenvalue weighted by molar-refractivity contribution is -0.116. The van der Waals surface area contributed by atoms with Gasteiger partial charge in [-0.2, -0.15) is 0 Å². The molecule has 1 N–H and O–H groups in total. The van der Waals surface area contributed by atoms with Gasteiger partial charge in [0.25, 0.3) is 0 Å². The number of carbonyl (C=O) groups is 1. The van der Waals surface area contributed by atoms with Crippen LogP contribution in [0.2, 0.25) is 0 Å². The first kappa shape index (κ1) is 11.5. The summed E-state index contributed by atoms with van der Waals surface area (Å²) in [5.74, 6) is 2.44. The van der Waals surface area contributed by atoms with Crippen molar-refractivity contribution in [2.24, 2.45) is 17.8 Å². The first-order chi connectivity index (χ1) is 8.81. The lowest BCUT2D eigenvalue weighted by Gasteiger charge is -2.17. The average molecular weight is 241 g/mol. The summed E-state index contributed by atoms with van der Waals surface area (Å²) in [6.07, 6.45) is 9.00. The highest BCUT2D eigenvalue weighted by Crippen LogP contribution is 2.45. The third-order valence-corrected chi connectivity index (χ3v) is 4.22. The molecule has 0 saturated heterocycles. The van der Waals surface area contributed by atoms with Crippen molar-refractivity contribution in [3.8, 4) is 0 Å². The Balaban J connectivity index is 1.46. The first-order valence-corrected chi connectivity index (χ1v) is 6.84. The van der Waals surface area contributed by atoms with Gasteiger partial charge in [-0.25, -0.2) is 0 Å². The Morgan fingerprint density at radius 3 is 2.67 bits per heavy atom. The van der Waals surface area contributed by atoms with Crippen LogP contribution in [0.4, 0.5) is 5.69 Å². The summed E-state index contributed by atoms with van der Waals surface area (Å²) in [6.45, 7) is 0. The van der Waals surface area contributed by atoms with Crippen molar-refractivity contribution >= 4 is 11.6 Å². The Hall–Kier alpha value is -1.57. The van der Waals surface area contributed by atoms with Gasteiger partial charge in [0.15, 0.2) is 0 Å². The number of para-hydroxylation sites is 1. The summed E-state index contributed by atoms with van der Waals surface area (Å²) in [7, 11) is 0. The molecular weight excluding hydrogens is 222 g/mol. The van der Waals surface area contributed by atoms with E-state index in [1.54, 1.807) is 0 Å². The molecule has 94 valence electrons. The van der Waals surface area contributed by atoms with Gasteiger partial charge in [-0.1, -0.05) is 30.4 Å². The number of benzene rings is 1. The molecule has 0 spiro atoms. The zero-order chi connectivity index (χ0) is 12.4. The number of hydrogen-bond acceptors (Lipinski definition) is 1. The molecule has 3 atom stereocenters. The van der Waals surface area contributed by atoms with Crippen LogP contribution in [0, 0.1) is 17.8 Å². The van der Waals surface area contributed by atoms with Crippen LogP contribution in [-0.2, 0) is 4.79 Å². The van der Waals surface area contributed by atoms with E-state index in [-0.39, 0.29) is 5.91 Å². The number of amides is 1. The molecule has 1 saturated carbocycles. The summed E-state index contributed by atoms with van der Waals surface area (Å²) >= 11 is 0. The lowest BCUT2D eigenvalue weighted by Crippen LogP contribution is -2.15. The molecule has 1 aromatic carbocycles. The second-order valence-corrected chi connectivity index (χ2v) is 5.49. The highest BCUT2D eigenvalue weighted by atomic mass is 16.1. The normalized spacial score (nSPS) is 28.6. The number of hydrogen-bond donors (Lipinski definition) is 1. The van der Waals surface area contributed by atoms with Crippen molar-refractivity contribution < 1.29 is 4.79 Å². The molecule has 2 bridgehead atoms. The minimum Gasteiger partial charge on any atom is -0.326 e. The van der Waals surface area contributed by atoms with E-state index >= 15 is 0 Å². The van der Waals surface area contributed by atoms with E-state index in [9.17, 15) is 4.79 Å². The van der Waals surface area contributed by atoms with E-state index < -0.39 is 0 Å². The van der Waals surface area contributed by atoms with Gasteiger partial charge in [-0.05, 0) is 49.1 Å². The zero-order valence-electron chi connectivity index (χ0n) is 10.5. The fraction of sp³-hybridized carbons (Fsp3) is 0.438. The summed E-state index contributed by atoms with van der Waals surface area (Å²) in [4.78, 5) is 11.8. The predicted molar refractivity (Wildman–Crippen MR) is 73.1 cm³/mol. The molecule has 3 unspecified atom stereocenters. The Morgan fingerprint density at radius 1 is 1.17 bits per heavy atom. The molecule has 3 rings (SSSR count). The van der Waals surface area contributed by atoms with Gasteiger partial charge in [0, 0.05) is 12.1 Å². The predicted octanol–water partition coefficient (Wildman–Crippen LogP) is 3.62. The first-order valence-electron chi connectivity index (χ1n) is 6.84. The second kappa shape index (κ2) is 4.97. The molecule has 2 aliphatic carbocycles. The van der Waals surface area contributed by atoms with Gasteiger partial charge in [-0.15, -0.1) is 0 Å². The molecule has 0 heterocycles. The third kappa shape index (κ3) is 2.47. The van der Waals surface area contributed by atoms with Crippen LogP contribution in [0.15, 0.2) is 42.5 Å². The molecule has 1 aromatic rings. The fourth-order valence-electron chi connectivity index (χ4n) is 3.29. The van der Waals surface area contributed by atoms with E-state index in [1.807, 2.05) is 30.3 Å². The standard InChI is InChI=1S/C16H19NO/c18-16(17-15-4-2-1-3-5-15)9-8-14-11-12-6-7-13(14)10-12/h1-7,12-14H,8-11H2,(H,17,18). The van der Waals surface area contributed by atoms with Crippen molar-refractivity contribution in [1.82, 2.24) is 0 Å². The van der Waals surface area contributed by atoms with Crippen LogP contribution >= 0.6 is 0 Å². The van der Waals surface area contributed by atoms with Crippen molar-refractivity contribution in [1.29, 1.82) is 0 Å². The largest absolute Gasteiger partial charge is 0.326 e. The van der Waals surface area contributed by atoms with Crippen molar-refractivity contribution in [3.05, 3.63) is 42.5 Å². The summed E-state index contributed by atoms with van der Waals surface area (Å²) in [5, 5.41) is 2.95. The number of anilines is 1. The Bertz CT molecular complexity index is 451. The third-order valence-electron chi connectivity index (χ3n) is 4.22. The van der Waals surface area contributed by atoms with Gasteiger partial charge < -0.3 is 5.32 Å². The molecule has 1 amide bonds. The van der Waals surface area contributed by atoms with Crippen LogP contribution in [0.25, 0.3) is 0 Å². The maximum atomic E-state index is 11.8. The Labute approximate surface area is 108 Å². The Kier molecular flexibility index (Phi) is 3.18. The molecule has 0 aromatic heterocycles. The second-order valence-electron chi connectivity index (χ2n) is 5.49. The van der Waals surface area contributed by atoms with Gasteiger partial charge in [0.2, 0.25) is 5.91 Å². The van der Waals surface area contributed by atoms with Gasteiger partial charge in [-0.3, -0.25) is 4.79 Å². The van der Waals surface area contributed by atoms with Crippen molar-refractivity contribution in [2.45, 2.75) is 25.7 Å². The highest BCUT2D eigenvalue weighted by molar-refractivity contribution is 5.90. The lowest BCUT2D eigenvalue weighted by atomic mass is 9.89. The minimum atomic E-state index is 0.146. The zero-order valence-corrected chi connectivity index (χ0v) is 10.5. The van der Waals surface area contributed by atoms with Crippen molar-refractivity contribution in [2.75, 3.05) is 5.32 Å². The Morgan fingerprint density at radius 2 is 2.00 bits per heavy atom. The van der Waals surface area contributed by atoms with Gasteiger partial charge >= 0.3 is 0 Å². The SMILES string of the molecule is O=C(CCC1CC2C=CC1C2)Nc1ccccc1. The quantitative estimate of drug-likeness (QED) is 0.801. The van der Waals surface area contributed by atoms with Crippen LogP contribution in [0.3, 0.4) is 0 Å². The molecule has 18 heavy (non-hydrogen) atoms. The van der Waals surface area contributed by atoms with Crippen LogP contribution in [-0.4, -0.2) is 5.91 Å². The molecule has 0 radical (unpaired) electrons. The van der Waals surface area contributed by atoms with E-state index in [0.29, 0.717) is 6.42 Å². The number of carbonyl (C=O) groups excluding carboxylic acids is 1. The van der Waals surface area contributed by atoms with E-state index in [1.165, 1.54) is 12.8 Å². The number of allylic oxidation sites excluding steroid dienone is 2. The van der Waals surface area contributed by atoms with Gasteiger partial charge in [0.05, 0.1) is 0 Å². The number of rotatable bonds is 4. The van der Waals surface area contributed by atoms with Crippen LogP contribution in [0.5, 0.6) is 0 Å². The number of nitrogens with one attached hydrogen (secondary N) is 1. The maximum absolute atomic E-state index is 11.8. The summed E-state index contributed by atoms with van der Waals surface area (Å²) in [6, 6.07) is 9.69. The van der Waals surface area contributed by atoms with Gasteiger partial charge in [0.1, 0.15) is 0 Å². The van der Waals surface area contributed by atoms with E-state index in [4.69, 9.17) is 0 Å². The number of fused-ring (bicyclic) bond motifs is 2. The monoisotopic (exact) mass is 241 g/mol. The maximum Gasteiger partial charge on any atom is 0.224 e. The topological polar surface area (TPSA) is 29.1 Å². The average Bonchev–Trinajstić information content (AvgIpc) is 3.00. The van der Waals surface area contributed by atoms with Crippen molar-refractivity contribution in [3.63, 3.8) is 0 Å². The fourth-order valence-corrected chi connectivity index (χ4v) is 3.29. The molecule has 1 fully saturated rings. The van der Waals surface area contributed by atoms with Crippen LogP contribution < -0.4 is 5.32 Å². The van der Waals surface area contributed by atoms with Crippen LogP contribution in [0.1, 0.15) is 25.7 Å². The molecule has 2 nitrogen and oxygen atoms in total. The molecule has 2 aliphatic rings. The molecule has 0 aliphatic heterocycles. The molecule has 2 heteroatoms. The minimum absolute atomic E-state index is 0.146. The molecular formula is C16H19NO. The summed E-state index contributed by atoms with van der Waals surface area (Å²) < 4.78 is 0. The van der Waals surface area contributed by atoms with E-state index in [2.05, 4.69) is 17.5 Å². The van der Waals surface area contributed by atoms with E-state index in [0.717, 1.165) is 29.9 Å².